The summed E-state index contributed by atoms with van der Waals surface area (Å²) in [5, 5.41) is 34.0. The normalized spacial score (nSPS) is 25.1. The van der Waals surface area contributed by atoms with E-state index >= 15 is 0 Å². The lowest BCUT2D eigenvalue weighted by Gasteiger charge is -2.16. The number of fused-ring (bicyclic) bond motifs is 1. The Kier molecular flexibility index (Phi) is 7.37. The van der Waals surface area contributed by atoms with E-state index in [1.807, 2.05) is 5.32 Å². The van der Waals surface area contributed by atoms with Crippen LogP contribution in [-0.2, 0) is 18.6 Å². The second-order valence-electron chi connectivity index (χ2n) is 7.09. The highest BCUT2D eigenvalue weighted by Crippen LogP contribution is 2.38. The van der Waals surface area contributed by atoms with Crippen molar-refractivity contribution in [2.24, 2.45) is 5.73 Å². The first kappa shape index (κ1) is 25.0. The highest BCUT2D eigenvalue weighted by atomic mass is 31.2. The molecule has 3 rings (SSSR count). The molecule has 0 unspecified atom stereocenters. The highest BCUT2D eigenvalue weighted by Gasteiger charge is 2.45. The van der Waals surface area contributed by atoms with E-state index in [9.17, 15) is 29.5 Å². The Hall–Kier alpha value is -2.60. The second kappa shape index (κ2) is 9.72. The molecule has 6 atom stereocenters. The smallest absolute Gasteiger partial charge is 0.391 e. The van der Waals surface area contributed by atoms with Crippen LogP contribution in [0.1, 0.15) is 13.2 Å². The average molecular weight is 491 g/mol. The number of urea groups is 1. The fraction of sp³-hybridized carbons (Fsp3) is 0.533. The number of aliphatic hydroxyl groups is 3. The van der Waals surface area contributed by atoms with Gasteiger partial charge in [-0.25, -0.2) is 24.3 Å². The number of aromatic nitrogens is 4. The lowest BCUT2D eigenvalue weighted by atomic mass is 10.1. The Labute approximate surface area is 184 Å². The maximum atomic E-state index is 12.1. The molecule has 1 saturated heterocycles. The van der Waals surface area contributed by atoms with Crippen molar-refractivity contribution < 1.29 is 48.5 Å². The average Bonchev–Trinajstić information content (AvgIpc) is 3.27. The van der Waals surface area contributed by atoms with Crippen LogP contribution >= 0.6 is 7.82 Å². The predicted octanol–water partition coefficient (Wildman–Crippen LogP) is -3.09. The summed E-state index contributed by atoms with van der Waals surface area (Å²) in [6, 6.07) is -2.34. The largest absolute Gasteiger partial charge is 0.469 e. The molecule has 0 aliphatic carbocycles. The number of nitrogens with zero attached hydrogens (tertiary/aromatic N) is 4. The predicted molar refractivity (Wildman–Crippen MR) is 106 cm³/mol. The molecule has 0 spiro atoms. The van der Waals surface area contributed by atoms with Crippen LogP contribution in [0.2, 0.25) is 0 Å². The van der Waals surface area contributed by atoms with Crippen molar-refractivity contribution in [1.82, 2.24) is 24.8 Å². The number of hydrogen-bond donors (Lipinski definition) is 8. The van der Waals surface area contributed by atoms with Crippen molar-refractivity contribution >= 4 is 36.7 Å². The third kappa shape index (κ3) is 5.67. The van der Waals surface area contributed by atoms with E-state index in [1.165, 1.54) is 17.8 Å². The minimum atomic E-state index is -4.83. The Morgan fingerprint density at radius 3 is 2.64 bits per heavy atom. The van der Waals surface area contributed by atoms with Crippen LogP contribution in [0, 0.1) is 0 Å². The van der Waals surface area contributed by atoms with Crippen molar-refractivity contribution in [2.45, 2.75) is 43.6 Å². The Morgan fingerprint density at radius 1 is 1.30 bits per heavy atom. The quantitative estimate of drug-likeness (QED) is 0.178. The van der Waals surface area contributed by atoms with Gasteiger partial charge in [-0.15, -0.1) is 0 Å². The second-order valence-corrected chi connectivity index (χ2v) is 8.33. The van der Waals surface area contributed by atoms with Gasteiger partial charge in [0.25, 0.3) is 0 Å². The van der Waals surface area contributed by atoms with Crippen molar-refractivity contribution in [1.29, 1.82) is 0 Å². The maximum Gasteiger partial charge on any atom is 0.469 e. The zero-order valence-corrected chi connectivity index (χ0v) is 17.8. The summed E-state index contributed by atoms with van der Waals surface area (Å²) in [4.78, 5) is 53.4. The number of rotatable bonds is 7. The molecule has 17 nitrogen and oxygen atoms in total. The van der Waals surface area contributed by atoms with Gasteiger partial charge in [-0.1, -0.05) is 0 Å². The zero-order valence-electron chi connectivity index (χ0n) is 16.9. The summed E-state index contributed by atoms with van der Waals surface area (Å²) in [5.41, 5.74) is 5.54. The molecule has 3 amide bonds. The van der Waals surface area contributed by atoms with Crippen LogP contribution in [0.15, 0.2) is 12.7 Å². The molecular weight excluding hydrogens is 469 g/mol. The molecule has 1 aliphatic rings. The third-order valence-electron chi connectivity index (χ3n) is 4.67. The number of carbonyl (C=O) groups excluding carboxylic acids is 2. The zero-order chi connectivity index (χ0) is 24.5. The van der Waals surface area contributed by atoms with Gasteiger partial charge in [-0.2, -0.15) is 0 Å². The van der Waals surface area contributed by atoms with Gasteiger partial charge in [-0.3, -0.25) is 24.5 Å². The van der Waals surface area contributed by atoms with Crippen LogP contribution in [0.3, 0.4) is 0 Å². The number of nitrogens with two attached hydrogens (primary N) is 1. The number of aliphatic hydroxyl groups excluding tert-OH is 3. The van der Waals surface area contributed by atoms with E-state index < -0.39 is 63.1 Å². The Bertz CT molecular complexity index is 1070. The van der Waals surface area contributed by atoms with E-state index in [2.05, 4.69) is 24.8 Å². The lowest BCUT2D eigenvalue weighted by molar-refractivity contribution is -0.123. The third-order valence-corrected chi connectivity index (χ3v) is 5.15. The van der Waals surface area contributed by atoms with Crippen LogP contribution in [-0.4, -0.2) is 93.6 Å². The number of hydrogen-bond acceptors (Lipinski definition) is 12. The molecule has 0 bridgehead atoms. The van der Waals surface area contributed by atoms with Gasteiger partial charge < -0.3 is 35.6 Å². The molecule has 3 heterocycles. The first-order valence-corrected chi connectivity index (χ1v) is 10.9. The molecule has 182 valence electrons. The summed E-state index contributed by atoms with van der Waals surface area (Å²) in [5.74, 6) is -1.05. The molecular formula is C15H22N7O10P. The van der Waals surface area contributed by atoms with E-state index in [0.717, 1.165) is 6.33 Å². The molecule has 0 saturated carbocycles. The molecule has 18 heteroatoms. The van der Waals surface area contributed by atoms with Gasteiger partial charge >= 0.3 is 13.9 Å². The number of nitrogens with one attached hydrogen (secondary N) is 2. The van der Waals surface area contributed by atoms with Crippen LogP contribution < -0.4 is 16.4 Å². The van der Waals surface area contributed by atoms with Crippen molar-refractivity contribution in [3.05, 3.63) is 12.7 Å². The number of imide groups is 1. The SMILES string of the molecule is C[C@@H](O)[C@H](N)C(=O)NC(=O)Nc1ncnc2c1ncn2[C@@H]1O[C@H](COP(=O)(O)O)[C@@H](O)[C@H]1O. The van der Waals surface area contributed by atoms with E-state index in [1.54, 1.807) is 0 Å². The van der Waals surface area contributed by atoms with Crippen molar-refractivity contribution in [3.8, 4) is 0 Å². The van der Waals surface area contributed by atoms with E-state index in [0.29, 0.717) is 0 Å². The molecule has 2 aromatic rings. The van der Waals surface area contributed by atoms with Gasteiger partial charge in [0.05, 0.1) is 19.0 Å². The Morgan fingerprint density at radius 2 is 2.00 bits per heavy atom. The van der Waals surface area contributed by atoms with Crippen LogP contribution in [0.4, 0.5) is 10.6 Å². The molecule has 1 fully saturated rings. The summed E-state index contributed by atoms with van der Waals surface area (Å²) < 4.78 is 21.9. The Balaban J connectivity index is 1.77. The first-order chi connectivity index (χ1) is 15.4. The highest BCUT2D eigenvalue weighted by molar-refractivity contribution is 7.46. The lowest BCUT2D eigenvalue weighted by Crippen LogP contribution is -2.50. The fourth-order valence-electron chi connectivity index (χ4n) is 2.95. The van der Waals surface area contributed by atoms with Gasteiger partial charge in [0.2, 0.25) is 5.91 Å². The molecule has 0 aromatic carbocycles. The summed E-state index contributed by atoms with van der Waals surface area (Å²) in [6.45, 7) is 0.582. The summed E-state index contributed by atoms with van der Waals surface area (Å²) >= 11 is 0. The maximum absolute atomic E-state index is 12.1. The fourth-order valence-corrected chi connectivity index (χ4v) is 3.29. The number of amides is 3. The number of phosphoric ester groups is 1. The molecule has 33 heavy (non-hydrogen) atoms. The molecule has 1 aliphatic heterocycles. The van der Waals surface area contributed by atoms with Crippen LogP contribution in [0.5, 0.6) is 0 Å². The van der Waals surface area contributed by atoms with Gasteiger partial charge in [0, 0.05) is 0 Å². The number of carbonyl (C=O) groups is 2. The van der Waals surface area contributed by atoms with Gasteiger partial charge in [0.1, 0.15) is 30.7 Å². The summed E-state index contributed by atoms with van der Waals surface area (Å²) in [6.07, 6.45) is -4.60. The standard InChI is InChI=1S/C15H22N7O10P/c1-5(23)7(16)13(26)21-15(27)20-11-8-12(18-3-17-11)22(4-19-8)14-10(25)9(24)6(32-14)2-31-33(28,29)30/h3-7,9-10,14,23-25H,2,16H2,1H3,(H2,28,29,30)(H2,17,18,20,21,26,27)/t5-,6-,7+,9-,10-,14-/m1/s1. The number of anilines is 1. The molecule has 2 aromatic heterocycles. The number of ether oxygens (including phenoxy) is 1. The van der Waals surface area contributed by atoms with E-state index in [4.69, 9.17) is 20.3 Å². The minimum absolute atomic E-state index is 0.0279. The summed E-state index contributed by atoms with van der Waals surface area (Å²) in [7, 11) is -4.83. The van der Waals surface area contributed by atoms with Gasteiger partial charge in [-0.05, 0) is 6.92 Å². The van der Waals surface area contributed by atoms with Gasteiger partial charge in [0.15, 0.2) is 23.2 Å². The molecule has 0 radical (unpaired) electrons. The van der Waals surface area contributed by atoms with Crippen LogP contribution in [0.25, 0.3) is 11.2 Å². The molecule has 9 N–H and O–H groups in total. The number of phosphoric acid groups is 1. The minimum Gasteiger partial charge on any atom is -0.391 e. The van der Waals surface area contributed by atoms with E-state index in [-0.39, 0.29) is 17.0 Å². The van der Waals surface area contributed by atoms with Crippen molar-refractivity contribution in [2.75, 3.05) is 11.9 Å². The number of imidazole rings is 1. The monoisotopic (exact) mass is 491 g/mol. The topological polar surface area (TPSA) is 264 Å². The van der Waals surface area contributed by atoms with Crippen molar-refractivity contribution in [3.63, 3.8) is 0 Å². The first-order valence-electron chi connectivity index (χ1n) is 9.33.